The predicted molar refractivity (Wildman–Crippen MR) is 178 cm³/mol. The Labute approximate surface area is 254 Å². The van der Waals surface area contributed by atoms with Crippen LogP contribution < -0.4 is 30.9 Å². The maximum atomic E-state index is 13.0. The average Bonchev–Trinajstić information content (AvgIpc) is 3.50. The lowest BCUT2D eigenvalue weighted by atomic mass is 9.99. The largest absolute Gasteiger partial charge is 0.494 e. The van der Waals surface area contributed by atoms with Gasteiger partial charge in [-0.1, -0.05) is 19.1 Å². The standard InChI is InChI=1S/C32H43N8O2P/c1-5-22-20-26(28(42-2)21-27(22)40-16-11-23(12-17-40)39-18-14-33-15-19-39)36-32-37-30-24(10-13-34-30)31(38-32)35-25-8-6-7-9-29(25)43(3,4)41/h6-10,13,20-21,23,33H,5,11-12,14-19H2,1-4H3,(H3,34,35,36,37,38). The third-order valence-corrected chi connectivity index (χ3v) is 10.2. The smallest absolute Gasteiger partial charge is 0.231 e. The van der Waals surface area contributed by atoms with Crippen LogP contribution in [-0.2, 0) is 11.0 Å². The van der Waals surface area contributed by atoms with E-state index in [9.17, 15) is 4.57 Å². The summed E-state index contributed by atoms with van der Waals surface area (Å²) in [6.45, 7) is 12.3. The SMILES string of the molecule is CCc1cc(Nc2nc(Nc3ccccc3P(C)(C)=O)c3cc[nH]c3n2)c(OC)cc1N1CCC(N2CCNCC2)CC1. The molecule has 2 aromatic carbocycles. The number of rotatable bonds is 9. The number of methoxy groups -OCH3 is 1. The summed E-state index contributed by atoms with van der Waals surface area (Å²) in [4.78, 5) is 18.0. The molecule has 0 unspecified atom stereocenters. The summed E-state index contributed by atoms with van der Waals surface area (Å²) in [6, 6.07) is 14.6. The minimum atomic E-state index is -2.51. The molecule has 228 valence electrons. The van der Waals surface area contributed by atoms with Gasteiger partial charge >= 0.3 is 0 Å². The number of hydrogen-bond donors (Lipinski definition) is 4. The summed E-state index contributed by atoms with van der Waals surface area (Å²) in [5.74, 6) is 1.83. The first-order valence-electron chi connectivity index (χ1n) is 15.3. The van der Waals surface area contributed by atoms with E-state index in [1.807, 2.05) is 36.5 Å². The number of hydrogen-bond acceptors (Lipinski definition) is 9. The Balaban J connectivity index is 1.26. The van der Waals surface area contributed by atoms with Gasteiger partial charge in [0.15, 0.2) is 0 Å². The maximum Gasteiger partial charge on any atom is 0.231 e. The first-order valence-corrected chi connectivity index (χ1v) is 17.9. The lowest BCUT2D eigenvalue weighted by molar-refractivity contribution is 0.150. The third kappa shape index (κ3) is 6.37. The summed E-state index contributed by atoms with van der Waals surface area (Å²) >= 11 is 0. The fourth-order valence-corrected chi connectivity index (χ4v) is 7.52. The Morgan fingerprint density at radius 2 is 1.77 bits per heavy atom. The molecular weight excluding hydrogens is 559 g/mol. The van der Waals surface area contributed by atoms with Crippen LogP contribution in [0.1, 0.15) is 25.3 Å². The van der Waals surface area contributed by atoms with Crippen molar-refractivity contribution < 1.29 is 9.30 Å². The molecule has 0 aliphatic carbocycles. The van der Waals surface area contributed by atoms with Crippen molar-refractivity contribution in [2.24, 2.45) is 0 Å². The van der Waals surface area contributed by atoms with Crippen LogP contribution in [0.25, 0.3) is 11.0 Å². The topological polar surface area (TPSA) is 110 Å². The first kappa shape index (κ1) is 29.5. The van der Waals surface area contributed by atoms with Crippen molar-refractivity contribution in [1.29, 1.82) is 0 Å². The minimum Gasteiger partial charge on any atom is -0.494 e. The van der Waals surface area contributed by atoms with Gasteiger partial charge in [-0.15, -0.1) is 0 Å². The van der Waals surface area contributed by atoms with Gasteiger partial charge in [-0.05, 0) is 62.4 Å². The Kier molecular flexibility index (Phi) is 8.61. The van der Waals surface area contributed by atoms with Crippen LogP contribution in [-0.4, -0.2) is 85.6 Å². The van der Waals surface area contributed by atoms with Crippen molar-refractivity contribution in [1.82, 2.24) is 25.2 Å². The second-order valence-corrected chi connectivity index (χ2v) is 15.0. The lowest BCUT2D eigenvalue weighted by Gasteiger charge is -2.41. The summed E-state index contributed by atoms with van der Waals surface area (Å²) in [5, 5.41) is 12.0. The molecule has 4 N–H and O–H groups in total. The van der Waals surface area contributed by atoms with Crippen molar-refractivity contribution in [3.05, 3.63) is 54.2 Å². The molecule has 4 heterocycles. The van der Waals surface area contributed by atoms with Crippen LogP contribution in [0.4, 0.5) is 28.8 Å². The summed E-state index contributed by atoms with van der Waals surface area (Å²) in [6.07, 6.45) is 5.11. The molecule has 2 aliphatic heterocycles. The van der Waals surface area contributed by atoms with Crippen LogP contribution in [0.5, 0.6) is 5.75 Å². The quantitative estimate of drug-likeness (QED) is 0.194. The van der Waals surface area contributed by atoms with Gasteiger partial charge in [-0.3, -0.25) is 4.90 Å². The zero-order valence-electron chi connectivity index (χ0n) is 25.6. The molecule has 43 heavy (non-hydrogen) atoms. The van der Waals surface area contributed by atoms with E-state index < -0.39 is 7.14 Å². The molecule has 2 fully saturated rings. The van der Waals surface area contributed by atoms with E-state index in [1.54, 1.807) is 20.4 Å². The Morgan fingerprint density at radius 1 is 1.00 bits per heavy atom. The number of nitrogens with zero attached hydrogens (tertiary/aromatic N) is 4. The van der Waals surface area contributed by atoms with Crippen LogP contribution in [0.3, 0.4) is 0 Å². The molecule has 0 radical (unpaired) electrons. The number of aryl methyl sites for hydroxylation is 1. The van der Waals surface area contributed by atoms with Crippen molar-refractivity contribution >= 4 is 52.3 Å². The van der Waals surface area contributed by atoms with E-state index in [0.717, 1.165) is 73.5 Å². The summed E-state index contributed by atoms with van der Waals surface area (Å²) in [7, 11) is -0.800. The average molecular weight is 603 g/mol. The Morgan fingerprint density at radius 3 is 2.49 bits per heavy atom. The molecule has 2 saturated heterocycles. The molecule has 0 atom stereocenters. The van der Waals surface area contributed by atoms with E-state index >= 15 is 0 Å². The number of anilines is 5. The van der Waals surface area contributed by atoms with Crippen molar-refractivity contribution in [2.45, 2.75) is 32.2 Å². The second-order valence-electron chi connectivity index (χ2n) is 11.8. The van der Waals surface area contributed by atoms with Gasteiger partial charge in [0.1, 0.15) is 24.4 Å². The molecule has 10 nitrogen and oxygen atoms in total. The number of benzene rings is 2. The molecule has 2 aromatic heterocycles. The van der Waals surface area contributed by atoms with Crippen LogP contribution in [0.15, 0.2) is 48.7 Å². The maximum absolute atomic E-state index is 13.0. The monoisotopic (exact) mass is 602 g/mol. The van der Waals surface area contributed by atoms with E-state index in [2.05, 4.69) is 49.8 Å². The second kappa shape index (κ2) is 12.6. The molecule has 2 aliphatic rings. The highest BCUT2D eigenvalue weighted by atomic mass is 31.2. The number of H-pyrrole nitrogens is 1. The van der Waals surface area contributed by atoms with Gasteiger partial charge < -0.3 is 35.1 Å². The zero-order valence-corrected chi connectivity index (χ0v) is 26.5. The fourth-order valence-electron chi connectivity index (χ4n) is 6.37. The van der Waals surface area contributed by atoms with E-state index in [-0.39, 0.29) is 0 Å². The highest BCUT2D eigenvalue weighted by Gasteiger charge is 2.27. The van der Waals surface area contributed by atoms with Crippen molar-refractivity contribution in [3.63, 3.8) is 0 Å². The van der Waals surface area contributed by atoms with Crippen LogP contribution >= 0.6 is 7.14 Å². The molecule has 0 spiro atoms. The summed E-state index contributed by atoms with van der Waals surface area (Å²) < 4.78 is 18.9. The highest BCUT2D eigenvalue weighted by Crippen LogP contribution is 2.40. The molecule has 0 saturated carbocycles. The van der Waals surface area contributed by atoms with Gasteiger partial charge in [0.25, 0.3) is 0 Å². The Bertz CT molecular complexity index is 1620. The molecule has 11 heteroatoms. The van der Waals surface area contributed by atoms with Gasteiger partial charge in [0, 0.05) is 68.6 Å². The molecular formula is C32H43N8O2P. The fraction of sp³-hybridized carbons (Fsp3) is 0.438. The predicted octanol–water partition coefficient (Wildman–Crippen LogP) is 5.14. The van der Waals surface area contributed by atoms with Crippen molar-refractivity contribution in [2.75, 3.05) is 75.2 Å². The van der Waals surface area contributed by atoms with Crippen molar-refractivity contribution in [3.8, 4) is 5.75 Å². The van der Waals surface area contributed by atoms with Gasteiger partial charge in [-0.25, -0.2) is 0 Å². The number of ether oxygens (including phenoxy) is 1. The third-order valence-electron chi connectivity index (χ3n) is 8.65. The summed E-state index contributed by atoms with van der Waals surface area (Å²) in [5.41, 5.74) is 4.81. The number of aromatic amines is 1. The first-order chi connectivity index (χ1) is 20.8. The molecule has 0 bridgehead atoms. The van der Waals surface area contributed by atoms with E-state index in [1.165, 1.54) is 24.1 Å². The normalized spacial score (nSPS) is 16.9. The van der Waals surface area contributed by atoms with Crippen LogP contribution in [0.2, 0.25) is 0 Å². The Hall–Kier alpha value is -3.59. The van der Waals surface area contributed by atoms with E-state index in [0.29, 0.717) is 23.5 Å². The number of para-hydroxylation sites is 1. The van der Waals surface area contributed by atoms with E-state index in [4.69, 9.17) is 14.7 Å². The molecule has 6 rings (SSSR count). The van der Waals surface area contributed by atoms with Crippen LogP contribution in [0, 0.1) is 0 Å². The lowest BCUT2D eigenvalue weighted by Crippen LogP contribution is -2.52. The molecule has 4 aromatic rings. The van der Waals surface area contributed by atoms with Gasteiger partial charge in [-0.2, -0.15) is 9.97 Å². The number of fused-ring (bicyclic) bond motifs is 1. The highest BCUT2D eigenvalue weighted by molar-refractivity contribution is 7.70. The minimum absolute atomic E-state index is 0.441. The number of aromatic nitrogens is 3. The van der Waals surface area contributed by atoms with Gasteiger partial charge in [0.2, 0.25) is 5.95 Å². The zero-order chi connectivity index (χ0) is 30.0. The number of piperidine rings is 1. The number of piperazine rings is 1. The van der Waals surface area contributed by atoms with Gasteiger partial charge in [0.05, 0.1) is 23.9 Å². The molecule has 0 amide bonds. The number of nitrogens with one attached hydrogen (secondary N) is 4.